The van der Waals surface area contributed by atoms with Crippen molar-refractivity contribution in [3.63, 3.8) is 0 Å². The van der Waals surface area contributed by atoms with Gasteiger partial charge in [-0.3, -0.25) is 4.79 Å². The fraction of sp³-hybridized carbons (Fsp3) is 0.200. The molecule has 0 bridgehead atoms. The van der Waals surface area contributed by atoms with Gasteiger partial charge in [-0.1, -0.05) is 18.2 Å². The zero-order valence-corrected chi connectivity index (χ0v) is 17.9. The van der Waals surface area contributed by atoms with Crippen LogP contribution < -0.4 is 15.2 Å². The van der Waals surface area contributed by atoms with Gasteiger partial charge in [0.1, 0.15) is 34.4 Å². The largest absolute Gasteiger partial charge is 0.457 e. The van der Waals surface area contributed by atoms with E-state index in [4.69, 9.17) is 16.9 Å². The molecule has 8 heteroatoms. The average molecular weight is 439 g/mol. The Bertz CT molecular complexity index is 1340. The number of hydrogen-bond acceptors (Lipinski definition) is 5. The standard InChI is InChI=1S/C25H22N6O2/c1-2-21(32)30-14-6-7-18(15-30)31-25-22(24(26)27-16-28-25)23(29-31)17-10-12-20(13-11-17)33-19-8-4-3-5-9-19/h1,3-5,8-13,16,18H,6-7,14-15H2,(H2,26,27,28,29)/p+1. The Hall–Kier alpha value is -4.38. The lowest BCUT2D eigenvalue weighted by atomic mass is 10.1. The number of hydrogen-bond donors (Lipinski definition) is 2. The molecule has 3 N–H and O–H groups in total. The molecule has 1 saturated heterocycles. The molecule has 33 heavy (non-hydrogen) atoms. The summed E-state index contributed by atoms with van der Waals surface area (Å²) in [6, 6.07) is 17.4. The Morgan fingerprint density at radius 1 is 1.15 bits per heavy atom. The van der Waals surface area contributed by atoms with Gasteiger partial charge in [-0.2, -0.15) is 4.98 Å². The number of anilines is 1. The topological polar surface area (TPSA) is 101 Å². The van der Waals surface area contributed by atoms with Gasteiger partial charge in [-0.05, 0) is 60.1 Å². The van der Waals surface area contributed by atoms with Gasteiger partial charge in [0, 0.05) is 12.1 Å². The summed E-state index contributed by atoms with van der Waals surface area (Å²) in [5.74, 6) is 3.82. The zero-order chi connectivity index (χ0) is 22.8. The first kappa shape index (κ1) is 20.5. The van der Waals surface area contributed by atoms with Gasteiger partial charge in [0.25, 0.3) is 5.91 Å². The van der Waals surface area contributed by atoms with E-state index in [9.17, 15) is 4.79 Å². The van der Waals surface area contributed by atoms with Gasteiger partial charge < -0.3 is 15.4 Å². The van der Waals surface area contributed by atoms with Crippen molar-refractivity contribution >= 4 is 22.8 Å². The highest BCUT2D eigenvalue weighted by atomic mass is 16.5. The number of likely N-dealkylation sites (tertiary alicyclic amines) is 1. The van der Waals surface area contributed by atoms with Crippen LogP contribution in [0.15, 0.2) is 60.9 Å². The van der Waals surface area contributed by atoms with E-state index < -0.39 is 0 Å². The van der Waals surface area contributed by atoms with Gasteiger partial charge in [0.2, 0.25) is 6.33 Å². The molecule has 4 aromatic rings. The van der Waals surface area contributed by atoms with Crippen LogP contribution in [0, 0.1) is 12.3 Å². The summed E-state index contributed by atoms with van der Waals surface area (Å²) in [6.45, 7) is 1.17. The highest BCUT2D eigenvalue weighted by molar-refractivity contribution is 5.96. The number of carbonyl (C=O) groups excluding carboxylic acids is 1. The third kappa shape index (κ3) is 3.96. The molecule has 0 radical (unpaired) electrons. The smallest absolute Gasteiger partial charge is 0.356 e. The monoisotopic (exact) mass is 439 g/mol. The molecule has 1 unspecified atom stereocenters. The fourth-order valence-corrected chi connectivity index (χ4v) is 4.27. The second-order valence-corrected chi connectivity index (χ2v) is 7.95. The maximum atomic E-state index is 12.1. The highest BCUT2D eigenvalue weighted by Crippen LogP contribution is 2.31. The molecular formula is C25H23N6O2+. The molecule has 0 spiro atoms. The Morgan fingerprint density at radius 2 is 1.91 bits per heavy atom. The molecule has 164 valence electrons. The van der Waals surface area contributed by atoms with Crippen LogP contribution in [0.2, 0.25) is 0 Å². The molecule has 0 aliphatic carbocycles. The summed E-state index contributed by atoms with van der Waals surface area (Å²) in [4.78, 5) is 22.5. The number of nitrogens with zero attached hydrogens (tertiary/aromatic N) is 4. The van der Waals surface area contributed by atoms with Gasteiger partial charge in [-0.25, -0.2) is 5.10 Å². The summed E-state index contributed by atoms with van der Waals surface area (Å²) >= 11 is 0. The number of amides is 1. The SMILES string of the molecule is C#CC(=O)N1CCCC([n+]2[nH]c(-c3ccc(Oc4ccccc4)cc3)c3c(N)ncnc32)C1. The molecule has 3 heterocycles. The van der Waals surface area contributed by atoms with Gasteiger partial charge in [0.15, 0.2) is 0 Å². The number of rotatable bonds is 4. The van der Waals surface area contributed by atoms with Gasteiger partial charge in [-0.15, -0.1) is 11.1 Å². The number of H-pyrrole nitrogens is 1. The van der Waals surface area contributed by atoms with Crippen molar-refractivity contribution in [3.8, 4) is 35.1 Å². The van der Waals surface area contributed by atoms with Crippen molar-refractivity contribution in [2.75, 3.05) is 18.8 Å². The van der Waals surface area contributed by atoms with Gasteiger partial charge >= 0.3 is 5.65 Å². The normalized spacial score (nSPS) is 15.8. The summed E-state index contributed by atoms with van der Waals surface area (Å²) < 4.78 is 7.89. The van der Waals surface area contributed by atoms with E-state index in [0.29, 0.717) is 24.6 Å². The third-order valence-electron chi connectivity index (χ3n) is 5.86. The lowest BCUT2D eigenvalue weighted by molar-refractivity contribution is -0.753. The summed E-state index contributed by atoms with van der Waals surface area (Å²) in [5, 5.41) is 4.21. The van der Waals surface area contributed by atoms with E-state index >= 15 is 0 Å². The first-order chi connectivity index (χ1) is 16.1. The van der Waals surface area contributed by atoms with E-state index in [1.54, 1.807) is 4.90 Å². The number of piperidine rings is 1. The number of carbonyl (C=O) groups is 1. The maximum absolute atomic E-state index is 12.1. The Balaban J connectivity index is 1.50. The fourth-order valence-electron chi connectivity index (χ4n) is 4.27. The number of nitrogen functional groups attached to an aromatic ring is 1. The van der Waals surface area contributed by atoms with Crippen LogP contribution in [0.1, 0.15) is 18.9 Å². The number of aromatic amines is 1. The predicted octanol–water partition coefficient (Wildman–Crippen LogP) is 3.08. The highest BCUT2D eigenvalue weighted by Gasteiger charge is 2.32. The first-order valence-corrected chi connectivity index (χ1v) is 10.8. The minimum absolute atomic E-state index is 0.00212. The minimum atomic E-state index is -0.292. The van der Waals surface area contributed by atoms with E-state index in [1.165, 1.54) is 6.33 Å². The number of aromatic nitrogens is 4. The lowest BCUT2D eigenvalue weighted by Crippen LogP contribution is -2.52. The minimum Gasteiger partial charge on any atom is -0.457 e. The first-order valence-electron chi connectivity index (χ1n) is 10.8. The number of nitrogens with one attached hydrogen (secondary N) is 1. The van der Waals surface area contributed by atoms with E-state index in [2.05, 4.69) is 21.0 Å². The Labute approximate surface area is 191 Å². The van der Waals surface area contributed by atoms with Crippen LogP contribution in [0.3, 0.4) is 0 Å². The van der Waals surface area contributed by atoms with Crippen molar-refractivity contribution in [2.24, 2.45) is 0 Å². The van der Waals surface area contributed by atoms with Crippen LogP contribution in [0.4, 0.5) is 5.82 Å². The summed E-state index contributed by atoms with van der Waals surface area (Å²) in [7, 11) is 0. The van der Waals surface area contributed by atoms with Crippen molar-refractivity contribution in [1.29, 1.82) is 0 Å². The third-order valence-corrected chi connectivity index (χ3v) is 5.86. The molecule has 2 aromatic carbocycles. The van der Waals surface area contributed by atoms with E-state index in [1.807, 2.05) is 59.3 Å². The quantitative estimate of drug-likeness (QED) is 0.376. The van der Waals surface area contributed by atoms with Crippen LogP contribution in [0.5, 0.6) is 11.5 Å². The average Bonchev–Trinajstić information content (AvgIpc) is 3.26. The Kier molecular flexibility index (Phi) is 5.37. The maximum Gasteiger partial charge on any atom is 0.356 e. The second kappa shape index (κ2) is 8.63. The van der Waals surface area contributed by atoms with Crippen LogP contribution >= 0.6 is 0 Å². The molecule has 1 atom stereocenters. The van der Waals surface area contributed by atoms with E-state index in [-0.39, 0.29) is 11.9 Å². The number of para-hydroxylation sites is 1. The molecule has 0 saturated carbocycles. The molecule has 8 nitrogen and oxygen atoms in total. The zero-order valence-electron chi connectivity index (χ0n) is 17.9. The molecular weight excluding hydrogens is 416 g/mol. The molecule has 5 rings (SSSR count). The number of fused-ring (bicyclic) bond motifs is 1. The number of ether oxygens (including phenoxy) is 1. The Morgan fingerprint density at radius 3 is 2.67 bits per heavy atom. The van der Waals surface area contributed by atoms with Crippen LogP contribution in [0.25, 0.3) is 22.3 Å². The molecule has 2 aromatic heterocycles. The number of benzene rings is 2. The number of terminal acetylenes is 1. The predicted molar refractivity (Wildman–Crippen MR) is 124 cm³/mol. The van der Waals surface area contributed by atoms with Crippen molar-refractivity contribution in [3.05, 3.63) is 60.9 Å². The van der Waals surface area contributed by atoms with E-state index in [0.717, 1.165) is 41.0 Å². The molecule has 1 fully saturated rings. The van der Waals surface area contributed by atoms with Crippen LogP contribution in [-0.2, 0) is 4.79 Å². The second-order valence-electron chi connectivity index (χ2n) is 7.95. The van der Waals surface area contributed by atoms with Crippen molar-refractivity contribution < 1.29 is 14.2 Å². The molecule has 1 aliphatic heterocycles. The summed E-state index contributed by atoms with van der Waals surface area (Å²) in [6.07, 6.45) is 8.53. The number of nitrogens with two attached hydrogens (primary N) is 1. The molecule has 1 amide bonds. The van der Waals surface area contributed by atoms with Gasteiger partial charge in [0.05, 0.1) is 6.54 Å². The molecule has 1 aliphatic rings. The van der Waals surface area contributed by atoms with Crippen molar-refractivity contribution in [1.82, 2.24) is 20.0 Å². The van der Waals surface area contributed by atoms with Crippen molar-refractivity contribution in [2.45, 2.75) is 18.9 Å². The summed E-state index contributed by atoms with van der Waals surface area (Å²) in [5.41, 5.74) is 8.70. The van der Waals surface area contributed by atoms with Crippen LogP contribution in [-0.4, -0.2) is 39.0 Å². The lowest BCUT2D eigenvalue weighted by Gasteiger charge is -2.29.